The van der Waals surface area contributed by atoms with Gasteiger partial charge in [0.25, 0.3) is 0 Å². The molecule has 10 aromatic carbocycles. The molecule has 0 atom stereocenters. The Labute approximate surface area is 508 Å². The van der Waals surface area contributed by atoms with Gasteiger partial charge in [-0.25, -0.2) is 4.98 Å². The van der Waals surface area contributed by atoms with Crippen LogP contribution < -0.4 is 14.5 Å². The van der Waals surface area contributed by atoms with Crippen molar-refractivity contribution in [2.45, 2.75) is 90.3 Å². The van der Waals surface area contributed by atoms with E-state index in [0.29, 0.717) is 56.9 Å². The van der Waals surface area contributed by atoms with Gasteiger partial charge in [-0.3, -0.25) is 4.57 Å². The van der Waals surface area contributed by atoms with Gasteiger partial charge in [0.1, 0.15) is 24.0 Å². The first-order chi connectivity index (χ1) is 43.5. The SMILES string of the molecule is [2H]c1c([2H])c([2H])c2c(c1[2H])c1ccc(Oc3cccc(N4CN(c5c(-c6cc(C(C)(C)C)cc(C(C)(C)C)c6)cccc5-c5cccc6c5-c5ccccc5C65c6ccccc6C([2H])([2H])c6ccccc65)c5ccccc54)c3)cc1n2-c1cc(C(C)(C)C)ccn1. The molecular formula is C80H70N4O. The lowest BCUT2D eigenvalue weighted by atomic mass is 9.61. The van der Waals surface area contributed by atoms with Crippen LogP contribution in [-0.2, 0) is 28.0 Å². The Morgan fingerprint density at radius 2 is 1.06 bits per heavy atom. The van der Waals surface area contributed by atoms with Crippen molar-refractivity contribution < 1.29 is 13.0 Å². The Morgan fingerprint density at radius 3 is 1.79 bits per heavy atom. The largest absolute Gasteiger partial charge is 0.457 e. The molecule has 0 radical (unpaired) electrons. The van der Waals surface area contributed by atoms with E-state index in [2.05, 4.69) is 212 Å². The van der Waals surface area contributed by atoms with E-state index in [4.69, 9.17) is 13.8 Å². The van der Waals surface area contributed by atoms with Crippen LogP contribution in [0.2, 0.25) is 0 Å². The van der Waals surface area contributed by atoms with Gasteiger partial charge in [-0.15, -0.1) is 0 Å². The third-order valence-electron chi connectivity index (χ3n) is 17.9. The third-order valence-corrected chi connectivity index (χ3v) is 17.9. The van der Waals surface area contributed by atoms with Crippen molar-refractivity contribution in [2.75, 3.05) is 16.5 Å². The van der Waals surface area contributed by atoms with Crippen LogP contribution in [0.1, 0.15) is 121 Å². The van der Waals surface area contributed by atoms with E-state index >= 15 is 0 Å². The maximum Gasteiger partial charge on any atom is 0.137 e. The monoisotopic (exact) mass is 1110 g/mol. The van der Waals surface area contributed by atoms with Crippen molar-refractivity contribution in [3.8, 4) is 50.7 Å². The summed E-state index contributed by atoms with van der Waals surface area (Å²) in [5, 5.41) is 1.09. The van der Waals surface area contributed by atoms with Gasteiger partial charge in [-0.05, 0) is 150 Å². The molecule has 3 heterocycles. The summed E-state index contributed by atoms with van der Waals surface area (Å²) in [7, 11) is 0. The molecule has 2 aromatic heterocycles. The molecule has 416 valence electrons. The molecule has 2 aliphatic carbocycles. The second-order valence-corrected chi connectivity index (χ2v) is 26.2. The maximum atomic E-state index is 9.77. The van der Waals surface area contributed by atoms with E-state index in [9.17, 15) is 4.11 Å². The number of pyridine rings is 1. The van der Waals surface area contributed by atoms with E-state index in [1.54, 1.807) is 6.20 Å². The highest BCUT2D eigenvalue weighted by Gasteiger charge is 2.50. The van der Waals surface area contributed by atoms with Crippen LogP contribution in [0.25, 0.3) is 61.0 Å². The number of fused-ring (bicyclic) bond motifs is 13. The summed E-state index contributed by atoms with van der Waals surface area (Å²) in [6, 6.07) is 71.6. The van der Waals surface area contributed by atoms with Gasteiger partial charge in [0.05, 0.1) is 39.0 Å². The normalized spacial score (nSPS) is 15.7. The van der Waals surface area contributed by atoms with Crippen molar-refractivity contribution in [1.29, 1.82) is 0 Å². The molecule has 0 amide bonds. The van der Waals surface area contributed by atoms with E-state index in [0.717, 1.165) is 83.9 Å². The summed E-state index contributed by atoms with van der Waals surface area (Å²) in [6.07, 6.45) is 0.0392. The topological polar surface area (TPSA) is 33.5 Å². The molecule has 0 saturated heterocycles. The fourth-order valence-corrected chi connectivity index (χ4v) is 13.7. The van der Waals surface area contributed by atoms with Crippen LogP contribution in [0.4, 0.5) is 22.7 Å². The summed E-state index contributed by atoms with van der Waals surface area (Å²) in [5.74, 6) is 1.68. The van der Waals surface area contributed by atoms with Gasteiger partial charge in [-0.2, -0.15) is 0 Å². The summed E-state index contributed by atoms with van der Waals surface area (Å²) in [6.45, 7) is 20.6. The number of aromatic nitrogens is 2. The van der Waals surface area contributed by atoms with Gasteiger partial charge in [-0.1, -0.05) is 226 Å². The number of nitrogens with zero attached hydrogens (tertiary/aromatic N) is 4. The fraction of sp³-hybridized carbons (Fsp3) is 0.188. The molecule has 0 fully saturated rings. The first kappa shape index (κ1) is 46.0. The molecule has 0 N–H and O–H groups in total. The Hall–Kier alpha value is -9.45. The van der Waals surface area contributed by atoms with Gasteiger partial charge in [0, 0.05) is 48.7 Å². The van der Waals surface area contributed by atoms with Crippen LogP contribution in [-0.4, -0.2) is 16.2 Å². The summed E-state index contributed by atoms with van der Waals surface area (Å²) in [5.41, 5.74) is 19.5. The standard InChI is InChI=1S/C80H70N4O/c1-77(2,3)54-41-42-81-74(47-54)84-70-36-17-13-27-61(70)62-40-39-59(49-73(62)84)85-58-26-20-25-57(48-58)82-50-83(72-38-19-18-37-71(72)82)76-60(53-44-55(78(4,5)6)46-56(45-53)79(7,8)9)29-21-31-64(76)63-30-22-35-69-75(63)65-28-12-16-34-68(65)80(69)66-32-14-10-23-51(66)43-52-24-11-15-33-67(52)80/h10-42,44-49H,43,50H2,1-9H3/i13D,17D,27D,36D,43D2. The minimum absolute atomic E-state index is 0.106. The molecule has 3 aliphatic rings. The zero-order chi connectivity index (χ0) is 63.4. The maximum absolute atomic E-state index is 9.77. The van der Waals surface area contributed by atoms with Crippen molar-refractivity contribution in [3.63, 3.8) is 0 Å². The zero-order valence-electron chi connectivity index (χ0n) is 55.6. The highest BCUT2D eigenvalue weighted by Crippen LogP contribution is 2.62. The highest BCUT2D eigenvalue weighted by molar-refractivity contribution is 6.10. The predicted molar refractivity (Wildman–Crippen MR) is 354 cm³/mol. The van der Waals surface area contributed by atoms with Gasteiger partial charge >= 0.3 is 0 Å². The molecule has 85 heavy (non-hydrogen) atoms. The molecule has 0 unspecified atom stereocenters. The number of benzene rings is 10. The minimum Gasteiger partial charge on any atom is -0.457 e. The van der Waals surface area contributed by atoms with Crippen molar-refractivity contribution in [2.24, 2.45) is 0 Å². The summed E-state index contributed by atoms with van der Waals surface area (Å²) >= 11 is 0. The first-order valence-electron chi connectivity index (χ1n) is 32.6. The average molecular weight is 1110 g/mol. The number of ether oxygens (including phenoxy) is 1. The molecular weight excluding hydrogens is 1030 g/mol. The molecule has 5 heteroatoms. The lowest BCUT2D eigenvalue weighted by Gasteiger charge is -2.40. The average Bonchev–Trinajstić information content (AvgIpc) is 1.58. The number of hydrogen-bond donors (Lipinski definition) is 0. The van der Waals surface area contributed by atoms with E-state index in [1.807, 2.05) is 71.3 Å². The van der Waals surface area contributed by atoms with Gasteiger partial charge in [0.15, 0.2) is 0 Å². The lowest BCUT2D eigenvalue weighted by Crippen LogP contribution is -2.34. The van der Waals surface area contributed by atoms with Crippen LogP contribution in [0, 0.1) is 0 Å². The Bertz CT molecular complexity index is 4940. The van der Waals surface area contributed by atoms with Crippen molar-refractivity contribution in [1.82, 2.24) is 9.55 Å². The van der Waals surface area contributed by atoms with Crippen LogP contribution in [0.5, 0.6) is 11.5 Å². The Balaban J connectivity index is 0.903. The van der Waals surface area contributed by atoms with Crippen LogP contribution in [0.15, 0.2) is 237 Å². The van der Waals surface area contributed by atoms with E-state index in [-0.39, 0.29) is 40.4 Å². The Kier molecular flexibility index (Phi) is 10.4. The fourth-order valence-electron chi connectivity index (χ4n) is 13.7. The molecule has 1 aliphatic heterocycles. The quantitative estimate of drug-likeness (QED) is 0.159. The molecule has 0 saturated carbocycles. The first-order valence-corrected chi connectivity index (χ1v) is 29.6. The second kappa shape index (κ2) is 19.3. The van der Waals surface area contributed by atoms with Crippen LogP contribution in [0.3, 0.4) is 0 Å². The van der Waals surface area contributed by atoms with Crippen molar-refractivity contribution in [3.05, 3.63) is 287 Å². The van der Waals surface area contributed by atoms with Crippen LogP contribution >= 0.6 is 0 Å². The summed E-state index contributed by atoms with van der Waals surface area (Å²) < 4.78 is 64.1. The number of anilines is 4. The number of rotatable bonds is 7. The minimum atomic E-state index is -1.72. The van der Waals surface area contributed by atoms with E-state index < -0.39 is 11.8 Å². The second-order valence-electron chi connectivity index (χ2n) is 26.2. The lowest BCUT2D eigenvalue weighted by molar-refractivity contribution is 0.483. The molecule has 15 rings (SSSR count). The molecule has 0 bridgehead atoms. The third kappa shape index (κ3) is 8.37. The molecule has 1 spiro atoms. The highest BCUT2D eigenvalue weighted by atomic mass is 16.5. The summed E-state index contributed by atoms with van der Waals surface area (Å²) in [4.78, 5) is 9.66. The number of para-hydroxylation sites is 4. The smallest absolute Gasteiger partial charge is 0.137 e. The predicted octanol–water partition coefficient (Wildman–Crippen LogP) is 20.7. The molecule has 12 aromatic rings. The van der Waals surface area contributed by atoms with Gasteiger partial charge < -0.3 is 14.5 Å². The number of hydrogen-bond acceptors (Lipinski definition) is 4. The zero-order valence-corrected chi connectivity index (χ0v) is 49.6. The Morgan fingerprint density at radius 1 is 0.471 bits per heavy atom. The molecule has 5 nitrogen and oxygen atoms in total. The van der Waals surface area contributed by atoms with Crippen molar-refractivity contribution >= 4 is 44.6 Å². The van der Waals surface area contributed by atoms with Gasteiger partial charge in [0.2, 0.25) is 0 Å². The van der Waals surface area contributed by atoms with E-state index in [1.165, 1.54) is 11.1 Å².